The topological polar surface area (TPSA) is 9.23 Å². The smallest absolute Gasteiger partial charge is 0.291 e. The molecule has 0 amide bonds. The molecule has 1 saturated heterocycles. The van der Waals surface area contributed by atoms with E-state index in [1.807, 2.05) is 0 Å². The molecule has 1 nitrogen and oxygen atoms in total. The van der Waals surface area contributed by atoms with E-state index in [4.69, 9.17) is 0 Å². The van der Waals surface area contributed by atoms with E-state index in [2.05, 4.69) is 4.52 Å². The van der Waals surface area contributed by atoms with Crippen molar-refractivity contribution in [3.05, 3.63) is 0 Å². The van der Waals surface area contributed by atoms with Gasteiger partial charge in [-0.05, 0) is 18.6 Å². The van der Waals surface area contributed by atoms with E-state index in [1.54, 1.807) is 0 Å². The van der Waals surface area contributed by atoms with Gasteiger partial charge in [0.25, 0.3) is 0 Å². The molecule has 9 heavy (non-hydrogen) atoms. The van der Waals surface area contributed by atoms with Crippen LogP contribution in [0, 0.1) is 0 Å². The van der Waals surface area contributed by atoms with E-state index in [0.29, 0.717) is 0 Å². The second-order valence-electron chi connectivity index (χ2n) is 1.75. The molecule has 0 aromatic rings. The van der Waals surface area contributed by atoms with E-state index in [1.165, 1.54) is 11.8 Å². The normalized spacial score (nSPS) is 27.7. The molecule has 0 aromatic carbocycles. The first kappa shape index (κ1) is 7.70. The molecule has 0 bridgehead atoms. The van der Waals surface area contributed by atoms with Crippen molar-refractivity contribution in [1.29, 1.82) is 0 Å². The van der Waals surface area contributed by atoms with Crippen molar-refractivity contribution >= 4 is 20.5 Å². The van der Waals surface area contributed by atoms with E-state index in [-0.39, 0.29) is 5.44 Å². The van der Waals surface area contributed by atoms with Crippen molar-refractivity contribution in [3.63, 3.8) is 0 Å². The van der Waals surface area contributed by atoms with Crippen LogP contribution in [0.5, 0.6) is 0 Å². The molecule has 1 aliphatic rings. The Morgan fingerprint density at radius 1 is 1.56 bits per heavy atom. The molecule has 0 radical (unpaired) electrons. The first-order valence-electron chi connectivity index (χ1n) is 2.69. The molecule has 1 atom stereocenters. The van der Waals surface area contributed by atoms with E-state index < -0.39 is 8.77 Å². The Hall–Kier alpha value is 0.600. The van der Waals surface area contributed by atoms with Crippen molar-refractivity contribution < 1.29 is 12.9 Å². The van der Waals surface area contributed by atoms with Gasteiger partial charge >= 0.3 is 8.77 Å². The summed E-state index contributed by atoms with van der Waals surface area (Å²) in [6, 6.07) is 0. The number of rotatable bonds is 2. The van der Waals surface area contributed by atoms with Crippen LogP contribution >= 0.6 is 20.5 Å². The van der Waals surface area contributed by atoms with Gasteiger partial charge in [0.15, 0.2) is 0 Å². The van der Waals surface area contributed by atoms with Crippen LogP contribution in [0.2, 0.25) is 0 Å². The maximum atomic E-state index is 11.5. The van der Waals surface area contributed by atoms with Gasteiger partial charge in [-0.2, -0.15) is 8.39 Å². The second-order valence-corrected chi connectivity index (χ2v) is 3.63. The summed E-state index contributed by atoms with van der Waals surface area (Å²) < 4.78 is 27.3. The number of thioether (sulfide) groups is 1. The Morgan fingerprint density at radius 3 is 2.78 bits per heavy atom. The maximum absolute atomic E-state index is 11.5. The van der Waals surface area contributed by atoms with Gasteiger partial charge in [-0.3, -0.25) is 4.52 Å². The van der Waals surface area contributed by atoms with Crippen molar-refractivity contribution in [2.45, 2.75) is 18.3 Å². The van der Waals surface area contributed by atoms with Gasteiger partial charge in [-0.15, -0.1) is 11.8 Å². The molecule has 1 unspecified atom stereocenters. The molecular formula is C4H7F2OPS. The van der Waals surface area contributed by atoms with Crippen LogP contribution < -0.4 is 0 Å². The molecule has 54 valence electrons. The third-order valence-electron chi connectivity index (χ3n) is 1.09. The Balaban J connectivity index is 2.11. The van der Waals surface area contributed by atoms with E-state index in [9.17, 15) is 8.39 Å². The molecule has 0 saturated carbocycles. The first-order chi connectivity index (χ1) is 4.29. The fourth-order valence-corrected chi connectivity index (χ4v) is 2.37. The van der Waals surface area contributed by atoms with Crippen LogP contribution in [0.3, 0.4) is 0 Å². The van der Waals surface area contributed by atoms with Crippen molar-refractivity contribution in [3.8, 4) is 0 Å². The van der Waals surface area contributed by atoms with Gasteiger partial charge < -0.3 is 0 Å². The fourth-order valence-electron chi connectivity index (χ4n) is 0.720. The van der Waals surface area contributed by atoms with E-state index in [0.717, 1.165) is 18.6 Å². The molecule has 1 aliphatic heterocycles. The number of hydrogen-bond acceptors (Lipinski definition) is 2. The predicted octanol–water partition coefficient (Wildman–Crippen LogP) is 3.02. The average molecular weight is 172 g/mol. The summed E-state index contributed by atoms with van der Waals surface area (Å²) in [5, 5.41) is 0. The minimum absolute atomic E-state index is 0.217. The van der Waals surface area contributed by atoms with Crippen molar-refractivity contribution in [2.75, 3.05) is 5.75 Å². The minimum Gasteiger partial charge on any atom is -0.291 e. The zero-order chi connectivity index (χ0) is 6.69. The van der Waals surface area contributed by atoms with Crippen LogP contribution in [0.15, 0.2) is 0 Å². The van der Waals surface area contributed by atoms with Gasteiger partial charge in [0.2, 0.25) is 0 Å². The number of halogens is 2. The molecule has 0 aliphatic carbocycles. The van der Waals surface area contributed by atoms with Crippen molar-refractivity contribution in [2.24, 2.45) is 0 Å². The standard InChI is InChI=1S/C4H7F2OPS/c5-8(6)7-4-2-1-3-9-4/h4H,1-3H2. The highest BCUT2D eigenvalue weighted by Crippen LogP contribution is 2.45. The summed E-state index contributed by atoms with van der Waals surface area (Å²) in [6.45, 7) is 0. The SMILES string of the molecule is FP(F)OC1CCCS1. The summed E-state index contributed by atoms with van der Waals surface area (Å²) in [5.41, 5.74) is -0.217. The van der Waals surface area contributed by atoms with Gasteiger partial charge in [0.05, 0.1) is 0 Å². The lowest BCUT2D eigenvalue weighted by molar-refractivity contribution is 0.278. The van der Waals surface area contributed by atoms with Crippen LogP contribution in [0.25, 0.3) is 0 Å². The molecule has 1 heterocycles. The first-order valence-corrected chi connectivity index (χ1v) is 4.78. The molecule has 0 N–H and O–H groups in total. The molecule has 0 aromatic heterocycles. The molecule has 1 fully saturated rings. The van der Waals surface area contributed by atoms with Gasteiger partial charge in [0.1, 0.15) is 5.44 Å². The lowest BCUT2D eigenvalue weighted by Gasteiger charge is -2.05. The molecule has 0 spiro atoms. The quantitative estimate of drug-likeness (QED) is 0.592. The lowest BCUT2D eigenvalue weighted by atomic mass is 10.4. The minimum atomic E-state index is -3.13. The lowest BCUT2D eigenvalue weighted by Crippen LogP contribution is -1.95. The average Bonchev–Trinajstić information content (AvgIpc) is 2.15. The Kier molecular flexibility index (Phi) is 3.16. The Labute approximate surface area is 58.2 Å². The highest BCUT2D eigenvalue weighted by atomic mass is 32.2. The van der Waals surface area contributed by atoms with Crippen LogP contribution in [0.1, 0.15) is 12.8 Å². The zero-order valence-corrected chi connectivity index (χ0v) is 6.43. The molecule has 1 rings (SSSR count). The second kappa shape index (κ2) is 3.69. The summed E-state index contributed by atoms with van der Waals surface area (Å²) in [5.74, 6) is 0.966. The Bertz CT molecular complexity index is 86.6. The molecule has 5 heteroatoms. The van der Waals surface area contributed by atoms with Crippen molar-refractivity contribution in [1.82, 2.24) is 0 Å². The van der Waals surface area contributed by atoms with E-state index >= 15 is 0 Å². The third-order valence-corrected chi connectivity index (χ3v) is 2.87. The fraction of sp³-hybridized carbons (Fsp3) is 1.00. The zero-order valence-electron chi connectivity index (χ0n) is 4.72. The maximum Gasteiger partial charge on any atom is 0.416 e. The highest BCUT2D eigenvalue weighted by molar-refractivity contribution is 8.00. The van der Waals surface area contributed by atoms with Crippen LogP contribution in [0.4, 0.5) is 8.39 Å². The van der Waals surface area contributed by atoms with Crippen LogP contribution in [-0.4, -0.2) is 11.2 Å². The monoisotopic (exact) mass is 172 g/mol. The van der Waals surface area contributed by atoms with Gasteiger partial charge in [0, 0.05) is 0 Å². The Morgan fingerprint density at radius 2 is 2.33 bits per heavy atom. The summed E-state index contributed by atoms with van der Waals surface area (Å²) in [4.78, 5) is 0. The van der Waals surface area contributed by atoms with Gasteiger partial charge in [-0.1, -0.05) is 0 Å². The largest absolute Gasteiger partial charge is 0.416 e. The summed E-state index contributed by atoms with van der Waals surface area (Å²) in [6.07, 6.45) is 1.80. The highest BCUT2D eigenvalue weighted by Gasteiger charge is 2.20. The number of hydrogen-bond donors (Lipinski definition) is 0. The summed E-state index contributed by atoms with van der Waals surface area (Å²) >= 11 is 1.48. The third kappa shape index (κ3) is 2.78. The van der Waals surface area contributed by atoms with Gasteiger partial charge in [-0.25, -0.2) is 0 Å². The summed E-state index contributed by atoms with van der Waals surface area (Å²) in [7, 11) is -3.13. The van der Waals surface area contributed by atoms with Crippen LogP contribution in [-0.2, 0) is 4.52 Å². The predicted molar refractivity (Wildman–Crippen MR) is 35.7 cm³/mol. The molecular weight excluding hydrogens is 165 g/mol.